The molecule has 1 N–H and O–H groups in total. The molecule has 2 rings (SSSR count). The molecule has 0 aliphatic carbocycles. The molecule has 0 spiro atoms. The molecule has 0 aliphatic rings. The normalized spacial score (nSPS) is 9.76. The number of methoxy groups -OCH3 is 1. The van der Waals surface area contributed by atoms with Gasteiger partial charge in [-0.05, 0) is 12.1 Å². The van der Waals surface area contributed by atoms with Crippen LogP contribution >= 0.6 is 11.6 Å². The summed E-state index contributed by atoms with van der Waals surface area (Å²) < 4.78 is 5.03. The minimum Gasteiger partial charge on any atom is -0.663 e. The molecule has 0 atom stereocenters. The Kier molecular flexibility index (Phi) is 4.77. The van der Waals surface area contributed by atoms with E-state index in [2.05, 4.69) is 4.98 Å². The molecule has 1 amide bonds. The van der Waals surface area contributed by atoms with Gasteiger partial charge in [0.1, 0.15) is 5.75 Å². The van der Waals surface area contributed by atoms with Gasteiger partial charge in [-0.3, -0.25) is 4.98 Å². The molecule has 0 saturated carbocycles. The average molecular weight is 259 g/mol. The fourth-order valence-electron chi connectivity index (χ4n) is 1.49. The number of amides is 1. The van der Waals surface area contributed by atoms with Gasteiger partial charge in [-0.25, -0.2) is 0 Å². The van der Waals surface area contributed by atoms with Crippen molar-refractivity contribution < 1.29 is 39.1 Å². The number of benzene rings is 1. The van der Waals surface area contributed by atoms with Crippen LogP contribution in [0.5, 0.6) is 5.75 Å². The predicted octanol–water partition coefficient (Wildman–Crippen LogP) is 0.0932. The molecule has 6 heteroatoms. The quantitative estimate of drug-likeness (QED) is 0.718. The van der Waals surface area contributed by atoms with Gasteiger partial charge in [-0.2, -0.15) is 0 Å². The zero-order valence-electron chi connectivity index (χ0n) is 9.45. The molecule has 0 saturated heterocycles. The number of nitrogens with zero attached hydrogens (tertiary/aromatic N) is 1. The summed E-state index contributed by atoms with van der Waals surface area (Å²) in [5.41, 5.74) is 7.94. The summed E-state index contributed by atoms with van der Waals surface area (Å²) in [6.45, 7) is 0. The van der Waals surface area contributed by atoms with Crippen molar-refractivity contribution in [2.75, 3.05) is 7.11 Å². The van der Waals surface area contributed by atoms with Crippen molar-refractivity contribution >= 4 is 28.4 Å². The van der Waals surface area contributed by atoms with Gasteiger partial charge in [0.25, 0.3) is 0 Å². The van der Waals surface area contributed by atoms with E-state index >= 15 is 0 Å². The van der Waals surface area contributed by atoms with Crippen molar-refractivity contribution in [1.82, 2.24) is 4.98 Å². The number of ether oxygens (including phenoxy) is 1. The zero-order chi connectivity index (χ0) is 11.7. The van der Waals surface area contributed by atoms with E-state index in [9.17, 15) is 4.79 Å². The molecule has 0 bridgehead atoms. The third kappa shape index (κ3) is 2.72. The van der Waals surface area contributed by atoms with Gasteiger partial charge in [-0.1, -0.05) is 11.6 Å². The van der Waals surface area contributed by atoms with Crippen LogP contribution in [0.3, 0.4) is 0 Å². The van der Waals surface area contributed by atoms with Crippen molar-refractivity contribution in [3.8, 4) is 5.75 Å². The Balaban J connectivity index is 0.00000144. The first-order valence-electron chi connectivity index (χ1n) is 4.51. The van der Waals surface area contributed by atoms with Crippen LogP contribution in [0.25, 0.3) is 16.6 Å². The van der Waals surface area contributed by atoms with Gasteiger partial charge in [0.05, 0.1) is 23.6 Å². The molecule has 1 aromatic carbocycles. The zero-order valence-corrected chi connectivity index (χ0v) is 12.2. The van der Waals surface area contributed by atoms with E-state index in [1.165, 1.54) is 13.2 Å². The van der Waals surface area contributed by atoms with E-state index in [0.29, 0.717) is 21.7 Å². The Morgan fingerprint density at radius 1 is 1.47 bits per heavy atom. The second-order valence-corrected chi connectivity index (χ2v) is 3.60. The molecule has 0 fully saturated rings. The number of carbonyl (C=O) groups excluding carboxylic acids is 1. The van der Waals surface area contributed by atoms with Crippen molar-refractivity contribution in [3.05, 3.63) is 40.7 Å². The Morgan fingerprint density at radius 3 is 2.76 bits per heavy atom. The number of hydrogen-bond donors (Lipinski definition) is 0. The fourth-order valence-corrected chi connectivity index (χ4v) is 1.69. The predicted molar refractivity (Wildman–Crippen MR) is 62.0 cm³/mol. The largest absolute Gasteiger partial charge is 1.00 e. The second kappa shape index (κ2) is 5.69. The molecule has 4 nitrogen and oxygen atoms in total. The number of rotatable bonds is 2. The van der Waals surface area contributed by atoms with E-state index in [1.807, 2.05) is 0 Å². The van der Waals surface area contributed by atoms with Crippen LogP contribution in [0.15, 0.2) is 24.4 Å². The molecule has 0 unspecified atom stereocenters. The van der Waals surface area contributed by atoms with Crippen molar-refractivity contribution in [2.45, 2.75) is 0 Å². The molecule has 1 heterocycles. The van der Waals surface area contributed by atoms with Gasteiger partial charge in [0.15, 0.2) is 0 Å². The molecule has 0 aliphatic heterocycles. The summed E-state index contributed by atoms with van der Waals surface area (Å²) >= 11 is 5.98. The van der Waals surface area contributed by atoms with Crippen molar-refractivity contribution in [3.63, 3.8) is 0 Å². The topological polar surface area (TPSA) is 63.0 Å². The SMILES string of the molecule is COc1cc2nccc(Cl)c2cc1C([NH-])=O.[Na+]. The summed E-state index contributed by atoms with van der Waals surface area (Å²) in [5, 5.41) is 1.13. The van der Waals surface area contributed by atoms with Crippen molar-refractivity contribution in [1.29, 1.82) is 0 Å². The van der Waals surface area contributed by atoms with Crippen LogP contribution in [0.4, 0.5) is 0 Å². The minimum absolute atomic E-state index is 0. The van der Waals surface area contributed by atoms with E-state index in [-0.39, 0.29) is 35.1 Å². The summed E-state index contributed by atoms with van der Waals surface area (Å²) in [6.07, 6.45) is 1.58. The fraction of sp³-hybridized carbons (Fsp3) is 0.0909. The second-order valence-electron chi connectivity index (χ2n) is 3.19. The van der Waals surface area contributed by atoms with Gasteiger partial charge in [0, 0.05) is 23.2 Å². The van der Waals surface area contributed by atoms with Gasteiger partial charge in [-0.15, -0.1) is 0 Å². The van der Waals surface area contributed by atoms with Gasteiger partial charge in [0.2, 0.25) is 0 Å². The number of halogens is 1. The Labute approximate surface area is 125 Å². The monoisotopic (exact) mass is 258 g/mol. The number of pyridine rings is 1. The maximum atomic E-state index is 11.1. The van der Waals surface area contributed by atoms with Crippen LogP contribution in [-0.2, 0) is 0 Å². The van der Waals surface area contributed by atoms with Crippen LogP contribution in [0, 0.1) is 0 Å². The molecule has 82 valence electrons. The smallest absolute Gasteiger partial charge is 0.663 e. The van der Waals surface area contributed by atoms with E-state index < -0.39 is 5.91 Å². The third-order valence-electron chi connectivity index (χ3n) is 2.25. The number of aromatic nitrogens is 1. The van der Waals surface area contributed by atoms with Gasteiger partial charge < -0.3 is 15.3 Å². The maximum Gasteiger partial charge on any atom is 1.00 e. The summed E-state index contributed by atoms with van der Waals surface area (Å²) in [6, 6.07) is 4.76. The Bertz CT molecular complexity index is 575. The Hall–Kier alpha value is -0.810. The first kappa shape index (κ1) is 14.3. The summed E-state index contributed by atoms with van der Waals surface area (Å²) in [5.74, 6) is -0.471. The number of fused-ring (bicyclic) bond motifs is 1. The van der Waals surface area contributed by atoms with Crippen LogP contribution in [0.2, 0.25) is 5.02 Å². The minimum atomic E-state index is -0.807. The number of nitrogens with one attached hydrogen (secondary N) is 1. The Morgan fingerprint density at radius 2 is 2.18 bits per heavy atom. The van der Waals surface area contributed by atoms with Crippen LogP contribution in [-0.4, -0.2) is 18.0 Å². The van der Waals surface area contributed by atoms with E-state index in [4.69, 9.17) is 22.1 Å². The first-order chi connectivity index (χ1) is 7.63. The van der Waals surface area contributed by atoms with Crippen LogP contribution in [0.1, 0.15) is 10.4 Å². The molecular formula is C11H8ClN2NaO2. The third-order valence-corrected chi connectivity index (χ3v) is 2.58. The standard InChI is InChI=1S/C11H9ClN2O2.Na/c1-16-10-5-9-6(4-7(10)11(13)15)8(12)2-3-14-9;/h2-5H,1H3,(H2,13,15);/q;+1/p-1. The van der Waals surface area contributed by atoms with Crippen molar-refractivity contribution in [2.24, 2.45) is 0 Å². The molecule has 2 aromatic rings. The first-order valence-corrected chi connectivity index (χ1v) is 4.89. The molecule has 1 aromatic heterocycles. The summed E-state index contributed by atoms with van der Waals surface area (Å²) in [7, 11) is 1.44. The number of carbonyl (C=O) groups is 1. The van der Waals surface area contributed by atoms with Crippen LogP contribution < -0.4 is 34.3 Å². The molecular weight excluding hydrogens is 251 g/mol. The van der Waals surface area contributed by atoms with E-state index in [1.54, 1.807) is 18.3 Å². The average Bonchev–Trinajstić information content (AvgIpc) is 2.27. The van der Waals surface area contributed by atoms with E-state index in [0.717, 1.165) is 0 Å². The number of hydrogen-bond acceptors (Lipinski definition) is 3. The maximum absolute atomic E-state index is 11.1. The van der Waals surface area contributed by atoms with Gasteiger partial charge >= 0.3 is 29.6 Å². The molecule has 0 radical (unpaired) electrons. The molecule has 17 heavy (non-hydrogen) atoms. The summed E-state index contributed by atoms with van der Waals surface area (Å²) in [4.78, 5) is 15.2.